The molecule has 0 aliphatic carbocycles. The average Bonchev–Trinajstić information content (AvgIpc) is 2.65. The molecule has 0 aromatic heterocycles. The molecule has 2 amide bonds. The van der Waals surface area contributed by atoms with Gasteiger partial charge in [-0.25, -0.2) is 14.4 Å². The Morgan fingerprint density at radius 1 is 1.08 bits per heavy atom. The Balaban J connectivity index is 2.17. The van der Waals surface area contributed by atoms with E-state index in [2.05, 4.69) is 10.6 Å². The van der Waals surface area contributed by atoms with Gasteiger partial charge in [0, 0.05) is 0 Å². The van der Waals surface area contributed by atoms with Crippen LogP contribution in [0.3, 0.4) is 0 Å². The lowest BCUT2D eigenvalue weighted by molar-refractivity contribution is -0.139. The van der Waals surface area contributed by atoms with Gasteiger partial charge in [-0.2, -0.15) is 0 Å². The van der Waals surface area contributed by atoms with Crippen LogP contribution in [0.4, 0.5) is 4.79 Å². The lowest BCUT2D eigenvalue weighted by Crippen LogP contribution is -2.51. The normalized spacial score (nSPS) is 16.4. The van der Waals surface area contributed by atoms with E-state index in [1.807, 2.05) is 6.92 Å². The van der Waals surface area contributed by atoms with Crippen molar-refractivity contribution < 1.29 is 28.6 Å². The number of nitrogens with one attached hydrogen (secondary N) is 2. The minimum Gasteiger partial charge on any atom is -0.497 e. The van der Waals surface area contributed by atoms with Crippen LogP contribution in [0, 0.1) is 0 Å². The first-order chi connectivity index (χ1) is 12.5. The molecule has 140 valence electrons. The summed E-state index contributed by atoms with van der Waals surface area (Å²) in [7, 11) is 1.53. The number of hydrogen-bond donors (Lipinski definition) is 2. The summed E-state index contributed by atoms with van der Waals surface area (Å²) in [5, 5.41) is 5.18. The maximum Gasteiger partial charge on any atom is 0.338 e. The minimum atomic E-state index is -0.579. The summed E-state index contributed by atoms with van der Waals surface area (Å²) in [6, 6.07) is 5.45. The quantitative estimate of drug-likeness (QED) is 0.717. The van der Waals surface area contributed by atoms with Gasteiger partial charge in [-0.1, -0.05) is 6.92 Å². The highest BCUT2D eigenvalue weighted by Gasteiger charge is 2.32. The SMILES string of the molecule is CCOC(=O)C1=C(COC(=O)c2ccc(OC)cc2)NC(=O)N[C@@H]1CC. The average molecular weight is 362 g/mol. The molecule has 0 saturated carbocycles. The van der Waals surface area contributed by atoms with Gasteiger partial charge in [-0.15, -0.1) is 0 Å². The summed E-state index contributed by atoms with van der Waals surface area (Å²) in [6.07, 6.45) is 0.498. The van der Waals surface area contributed by atoms with Gasteiger partial charge in [-0.05, 0) is 37.6 Å². The Labute approximate surface area is 151 Å². The topological polar surface area (TPSA) is 103 Å². The first kappa shape index (κ1) is 19.3. The Hall–Kier alpha value is -3.03. The maximum absolute atomic E-state index is 12.2. The van der Waals surface area contributed by atoms with Crippen molar-refractivity contribution in [1.82, 2.24) is 10.6 Å². The molecule has 0 unspecified atom stereocenters. The number of benzene rings is 1. The summed E-state index contributed by atoms with van der Waals surface area (Å²) in [6.45, 7) is 3.47. The van der Waals surface area contributed by atoms with Crippen LogP contribution in [0.5, 0.6) is 5.75 Å². The fourth-order valence-corrected chi connectivity index (χ4v) is 2.52. The summed E-state index contributed by atoms with van der Waals surface area (Å²) in [4.78, 5) is 36.2. The number of esters is 2. The van der Waals surface area contributed by atoms with Gasteiger partial charge in [0.15, 0.2) is 0 Å². The second-order valence-corrected chi connectivity index (χ2v) is 5.48. The zero-order valence-electron chi connectivity index (χ0n) is 15.0. The van der Waals surface area contributed by atoms with E-state index in [1.54, 1.807) is 31.2 Å². The third kappa shape index (κ3) is 4.53. The van der Waals surface area contributed by atoms with Crippen molar-refractivity contribution in [3.05, 3.63) is 41.1 Å². The van der Waals surface area contributed by atoms with E-state index >= 15 is 0 Å². The number of carbonyl (C=O) groups is 3. The number of hydrogen-bond acceptors (Lipinski definition) is 6. The van der Waals surface area contributed by atoms with Crippen molar-refractivity contribution in [3.63, 3.8) is 0 Å². The first-order valence-electron chi connectivity index (χ1n) is 8.29. The second-order valence-electron chi connectivity index (χ2n) is 5.48. The van der Waals surface area contributed by atoms with Crippen molar-refractivity contribution in [3.8, 4) is 5.75 Å². The van der Waals surface area contributed by atoms with Gasteiger partial charge in [0.05, 0.1) is 36.6 Å². The molecule has 1 heterocycles. The van der Waals surface area contributed by atoms with E-state index in [9.17, 15) is 14.4 Å². The van der Waals surface area contributed by atoms with Crippen LogP contribution < -0.4 is 15.4 Å². The second kappa shape index (κ2) is 8.89. The van der Waals surface area contributed by atoms with Gasteiger partial charge < -0.3 is 24.8 Å². The van der Waals surface area contributed by atoms with E-state index in [-0.39, 0.29) is 24.5 Å². The number of rotatable bonds is 7. The van der Waals surface area contributed by atoms with E-state index in [1.165, 1.54) is 7.11 Å². The Morgan fingerprint density at radius 2 is 1.77 bits per heavy atom. The third-order valence-electron chi connectivity index (χ3n) is 3.82. The molecule has 0 radical (unpaired) electrons. The Kier molecular flexibility index (Phi) is 6.60. The molecule has 2 N–H and O–H groups in total. The molecule has 1 aromatic carbocycles. The van der Waals surface area contributed by atoms with Crippen LogP contribution in [0.1, 0.15) is 30.6 Å². The van der Waals surface area contributed by atoms with E-state index < -0.39 is 24.0 Å². The number of methoxy groups -OCH3 is 1. The van der Waals surface area contributed by atoms with Crippen LogP contribution in [0.25, 0.3) is 0 Å². The predicted molar refractivity (Wildman–Crippen MR) is 92.7 cm³/mol. The van der Waals surface area contributed by atoms with Crippen molar-refractivity contribution >= 4 is 18.0 Å². The fraction of sp³-hybridized carbons (Fsp3) is 0.389. The van der Waals surface area contributed by atoms with Crippen LogP contribution in [-0.4, -0.2) is 44.3 Å². The fourth-order valence-electron chi connectivity index (χ4n) is 2.52. The van der Waals surface area contributed by atoms with Gasteiger partial charge in [0.1, 0.15) is 12.4 Å². The van der Waals surface area contributed by atoms with Gasteiger partial charge >= 0.3 is 18.0 Å². The molecule has 1 atom stereocenters. The lowest BCUT2D eigenvalue weighted by atomic mass is 10.0. The molecular weight excluding hydrogens is 340 g/mol. The maximum atomic E-state index is 12.2. The molecule has 8 nitrogen and oxygen atoms in total. The molecule has 1 aliphatic heterocycles. The molecule has 1 aliphatic rings. The molecular formula is C18H22N2O6. The van der Waals surface area contributed by atoms with Crippen LogP contribution >= 0.6 is 0 Å². The largest absolute Gasteiger partial charge is 0.497 e. The number of carbonyl (C=O) groups excluding carboxylic acids is 3. The zero-order valence-corrected chi connectivity index (χ0v) is 15.0. The van der Waals surface area contributed by atoms with Crippen molar-refractivity contribution in [2.75, 3.05) is 20.3 Å². The molecule has 0 fully saturated rings. The summed E-state index contributed by atoms with van der Waals surface area (Å²) in [5.41, 5.74) is 0.814. The molecule has 0 saturated heterocycles. The molecule has 8 heteroatoms. The molecule has 1 aromatic rings. The standard InChI is InChI=1S/C18H22N2O6/c1-4-13-15(17(22)25-5-2)14(20-18(23)19-13)10-26-16(21)11-6-8-12(24-3)9-7-11/h6-9,13H,4-5,10H2,1-3H3,(H2,19,20,23)/t13-/m1/s1. The summed E-state index contributed by atoms with van der Waals surface area (Å²) >= 11 is 0. The lowest BCUT2D eigenvalue weighted by Gasteiger charge is -2.28. The minimum absolute atomic E-state index is 0.200. The van der Waals surface area contributed by atoms with Crippen LogP contribution in [0.2, 0.25) is 0 Å². The molecule has 2 rings (SSSR count). The third-order valence-corrected chi connectivity index (χ3v) is 3.82. The highest BCUT2D eigenvalue weighted by molar-refractivity contribution is 5.95. The van der Waals surface area contributed by atoms with Gasteiger partial charge in [-0.3, -0.25) is 0 Å². The number of amides is 2. The number of ether oxygens (including phenoxy) is 3. The zero-order chi connectivity index (χ0) is 19.1. The molecule has 0 spiro atoms. The highest BCUT2D eigenvalue weighted by Crippen LogP contribution is 2.18. The molecule has 0 bridgehead atoms. The number of urea groups is 1. The Bertz CT molecular complexity index is 711. The van der Waals surface area contributed by atoms with Crippen LogP contribution in [-0.2, 0) is 14.3 Å². The van der Waals surface area contributed by atoms with Gasteiger partial charge in [0.25, 0.3) is 0 Å². The van der Waals surface area contributed by atoms with Gasteiger partial charge in [0.2, 0.25) is 0 Å². The van der Waals surface area contributed by atoms with Crippen molar-refractivity contribution in [2.24, 2.45) is 0 Å². The van der Waals surface area contributed by atoms with E-state index in [4.69, 9.17) is 14.2 Å². The smallest absolute Gasteiger partial charge is 0.338 e. The van der Waals surface area contributed by atoms with Crippen LogP contribution in [0.15, 0.2) is 35.5 Å². The predicted octanol–water partition coefficient (Wildman–Crippen LogP) is 1.76. The Morgan fingerprint density at radius 3 is 2.35 bits per heavy atom. The van der Waals surface area contributed by atoms with Crippen molar-refractivity contribution in [2.45, 2.75) is 26.3 Å². The molecule has 26 heavy (non-hydrogen) atoms. The van der Waals surface area contributed by atoms with Crippen molar-refractivity contribution in [1.29, 1.82) is 0 Å². The van der Waals surface area contributed by atoms with E-state index in [0.717, 1.165) is 0 Å². The summed E-state index contributed by atoms with van der Waals surface area (Å²) < 4.78 is 15.3. The summed E-state index contributed by atoms with van der Waals surface area (Å²) in [5.74, 6) is -0.517. The first-order valence-corrected chi connectivity index (χ1v) is 8.29. The monoisotopic (exact) mass is 362 g/mol. The van der Waals surface area contributed by atoms with E-state index in [0.29, 0.717) is 17.7 Å². The highest BCUT2D eigenvalue weighted by atomic mass is 16.5.